The molecule has 0 saturated heterocycles. The van der Waals surface area contributed by atoms with E-state index < -0.39 is 0 Å². The number of nitrogens with one attached hydrogen (secondary N) is 1. The number of anilines is 2. The summed E-state index contributed by atoms with van der Waals surface area (Å²) in [5.74, 6) is 0.901. The number of aryl methyl sites for hydroxylation is 1. The predicted octanol–water partition coefficient (Wildman–Crippen LogP) is 3.18. The second-order valence-corrected chi connectivity index (χ2v) is 3.92. The van der Waals surface area contributed by atoms with Crippen LogP contribution in [0.15, 0.2) is 30.6 Å². The molecule has 0 atom stereocenters. The summed E-state index contributed by atoms with van der Waals surface area (Å²) < 4.78 is 20.7. The number of imidazole rings is 1. The zero-order valence-electron chi connectivity index (χ0n) is 10.5. The standard InChI is InChI=1S/C13H16FN3O/c1-3-7-17-8-6-15-13(17)16-12-9-10(18-2)4-5-11(12)14/h4-6,8-9H,3,7H2,1-2H3,(H,15,16). The average molecular weight is 249 g/mol. The van der Waals surface area contributed by atoms with Crippen molar-refractivity contribution in [3.8, 4) is 5.75 Å². The van der Waals surface area contributed by atoms with Crippen molar-refractivity contribution in [3.63, 3.8) is 0 Å². The van der Waals surface area contributed by atoms with Gasteiger partial charge in [-0.1, -0.05) is 6.92 Å². The Balaban J connectivity index is 2.24. The topological polar surface area (TPSA) is 39.1 Å². The number of aromatic nitrogens is 2. The van der Waals surface area contributed by atoms with Gasteiger partial charge in [-0.15, -0.1) is 0 Å². The van der Waals surface area contributed by atoms with Gasteiger partial charge in [0.05, 0.1) is 12.8 Å². The molecule has 1 heterocycles. The number of halogens is 1. The molecule has 0 aliphatic rings. The largest absolute Gasteiger partial charge is 0.497 e. The molecule has 1 aromatic heterocycles. The summed E-state index contributed by atoms with van der Waals surface area (Å²) in [5, 5.41) is 2.98. The Kier molecular flexibility index (Phi) is 3.82. The summed E-state index contributed by atoms with van der Waals surface area (Å²) in [6, 6.07) is 4.56. The van der Waals surface area contributed by atoms with Crippen LogP contribution >= 0.6 is 0 Å². The monoisotopic (exact) mass is 249 g/mol. The minimum Gasteiger partial charge on any atom is -0.497 e. The zero-order valence-corrected chi connectivity index (χ0v) is 10.5. The molecule has 0 fully saturated rings. The molecule has 18 heavy (non-hydrogen) atoms. The number of methoxy groups -OCH3 is 1. The molecule has 4 nitrogen and oxygen atoms in total. The quantitative estimate of drug-likeness (QED) is 0.884. The van der Waals surface area contributed by atoms with Crippen LogP contribution in [0, 0.1) is 5.82 Å². The highest BCUT2D eigenvalue weighted by molar-refractivity contribution is 5.57. The van der Waals surface area contributed by atoms with E-state index in [-0.39, 0.29) is 5.82 Å². The Morgan fingerprint density at radius 3 is 3.00 bits per heavy atom. The van der Waals surface area contributed by atoms with Crippen molar-refractivity contribution in [2.45, 2.75) is 19.9 Å². The summed E-state index contributed by atoms with van der Waals surface area (Å²) >= 11 is 0. The molecule has 0 bridgehead atoms. The predicted molar refractivity (Wildman–Crippen MR) is 68.8 cm³/mol. The first-order chi connectivity index (χ1) is 8.74. The van der Waals surface area contributed by atoms with Crippen LogP contribution in [0.5, 0.6) is 5.75 Å². The Labute approximate surface area is 105 Å². The van der Waals surface area contributed by atoms with E-state index in [1.54, 1.807) is 25.4 Å². The van der Waals surface area contributed by atoms with Crippen LogP contribution in [-0.2, 0) is 6.54 Å². The third-order valence-electron chi connectivity index (χ3n) is 2.60. The third kappa shape index (κ3) is 2.61. The van der Waals surface area contributed by atoms with E-state index in [1.807, 2.05) is 10.8 Å². The first-order valence-corrected chi connectivity index (χ1v) is 5.86. The van der Waals surface area contributed by atoms with Crippen molar-refractivity contribution >= 4 is 11.6 Å². The van der Waals surface area contributed by atoms with Crippen molar-refractivity contribution < 1.29 is 9.13 Å². The molecule has 0 saturated carbocycles. The summed E-state index contributed by atoms with van der Waals surface area (Å²) in [6.45, 7) is 2.92. The molecule has 0 aliphatic heterocycles. The Morgan fingerprint density at radius 1 is 1.44 bits per heavy atom. The fraction of sp³-hybridized carbons (Fsp3) is 0.308. The molecule has 2 aromatic rings. The zero-order chi connectivity index (χ0) is 13.0. The van der Waals surface area contributed by atoms with E-state index >= 15 is 0 Å². The number of rotatable bonds is 5. The second-order valence-electron chi connectivity index (χ2n) is 3.92. The fourth-order valence-electron chi connectivity index (χ4n) is 1.70. The van der Waals surface area contributed by atoms with Gasteiger partial charge in [-0.2, -0.15) is 0 Å². The second kappa shape index (κ2) is 5.53. The van der Waals surface area contributed by atoms with Crippen molar-refractivity contribution in [3.05, 3.63) is 36.4 Å². The molecule has 96 valence electrons. The van der Waals surface area contributed by atoms with Gasteiger partial charge in [-0.3, -0.25) is 0 Å². The smallest absolute Gasteiger partial charge is 0.207 e. The molecule has 0 unspecified atom stereocenters. The maximum atomic E-state index is 13.7. The lowest BCUT2D eigenvalue weighted by Gasteiger charge is -2.10. The van der Waals surface area contributed by atoms with Crippen LogP contribution in [0.2, 0.25) is 0 Å². The Bertz CT molecular complexity index is 525. The number of hydrogen-bond acceptors (Lipinski definition) is 3. The van der Waals surface area contributed by atoms with E-state index in [9.17, 15) is 4.39 Å². The molecule has 0 radical (unpaired) electrons. The normalized spacial score (nSPS) is 10.4. The van der Waals surface area contributed by atoms with E-state index in [0.29, 0.717) is 17.4 Å². The van der Waals surface area contributed by atoms with Gasteiger partial charge in [-0.05, 0) is 18.6 Å². The van der Waals surface area contributed by atoms with Gasteiger partial charge in [0.15, 0.2) is 0 Å². The number of nitrogens with zero attached hydrogens (tertiary/aromatic N) is 2. The van der Waals surface area contributed by atoms with Gasteiger partial charge >= 0.3 is 0 Å². The van der Waals surface area contributed by atoms with E-state index in [4.69, 9.17) is 4.74 Å². The SMILES string of the molecule is CCCn1ccnc1Nc1cc(OC)ccc1F. The van der Waals surface area contributed by atoms with Crippen molar-refractivity contribution in [1.29, 1.82) is 0 Å². The minimum absolute atomic E-state index is 0.332. The molecular weight excluding hydrogens is 233 g/mol. The van der Waals surface area contributed by atoms with Gasteiger partial charge in [0.2, 0.25) is 5.95 Å². The van der Waals surface area contributed by atoms with Gasteiger partial charge < -0.3 is 14.6 Å². The maximum Gasteiger partial charge on any atom is 0.207 e. The summed E-state index contributed by atoms with van der Waals surface area (Å²) in [6.07, 6.45) is 4.55. The van der Waals surface area contributed by atoms with Gasteiger partial charge in [0.1, 0.15) is 11.6 Å². The average Bonchev–Trinajstić information content (AvgIpc) is 2.80. The van der Waals surface area contributed by atoms with Crippen LogP contribution < -0.4 is 10.1 Å². The van der Waals surface area contributed by atoms with Crippen LogP contribution in [0.3, 0.4) is 0 Å². The van der Waals surface area contributed by atoms with Crippen molar-refractivity contribution in [1.82, 2.24) is 9.55 Å². The van der Waals surface area contributed by atoms with Crippen LogP contribution in [0.1, 0.15) is 13.3 Å². The highest BCUT2D eigenvalue weighted by atomic mass is 19.1. The molecule has 0 spiro atoms. The van der Waals surface area contributed by atoms with Crippen LogP contribution in [-0.4, -0.2) is 16.7 Å². The molecule has 2 rings (SSSR count). The van der Waals surface area contributed by atoms with E-state index in [2.05, 4.69) is 17.2 Å². The highest BCUT2D eigenvalue weighted by Crippen LogP contribution is 2.24. The first-order valence-electron chi connectivity index (χ1n) is 5.86. The lowest BCUT2D eigenvalue weighted by atomic mass is 10.3. The molecule has 0 aliphatic carbocycles. The minimum atomic E-state index is -0.332. The molecule has 5 heteroatoms. The van der Waals surface area contributed by atoms with Gasteiger partial charge in [-0.25, -0.2) is 9.37 Å². The van der Waals surface area contributed by atoms with Gasteiger partial charge in [0.25, 0.3) is 0 Å². The lowest BCUT2D eigenvalue weighted by molar-refractivity contribution is 0.414. The van der Waals surface area contributed by atoms with Crippen LogP contribution in [0.25, 0.3) is 0 Å². The summed E-state index contributed by atoms with van der Waals surface area (Å²) in [4.78, 5) is 4.17. The maximum absolute atomic E-state index is 13.7. The number of benzene rings is 1. The van der Waals surface area contributed by atoms with E-state index in [0.717, 1.165) is 13.0 Å². The summed E-state index contributed by atoms with van der Waals surface area (Å²) in [5.41, 5.74) is 0.359. The van der Waals surface area contributed by atoms with Crippen LogP contribution in [0.4, 0.5) is 16.0 Å². The molecular formula is C13H16FN3O. The molecule has 1 N–H and O–H groups in total. The Morgan fingerprint density at radius 2 is 2.28 bits per heavy atom. The lowest BCUT2D eigenvalue weighted by Crippen LogP contribution is -2.04. The Hall–Kier alpha value is -2.04. The van der Waals surface area contributed by atoms with Crippen molar-refractivity contribution in [2.24, 2.45) is 0 Å². The third-order valence-corrected chi connectivity index (χ3v) is 2.60. The summed E-state index contributed by atoms with van der Waals surface area (Å²) in [7, 11) is 1.55. The van der Waals surface area contributed by atoms with E-state index in [1.165, 1.54) is 6.07 Å². The number of ether oxygens (including phenoxy) is 1. The number of hydrogen-bond donors (Lipinski definition) is 1. The highest BCUT2D eigenvalue weighted by Gasteiger charge is 2.07. The van der Waals surface area contributed by atoms with Gasteiger partial charge in [0, 0.05) is 25.0 Å². The first kappa shape index (κ1) is 12.4. The molecule has 1 aromatic carbocycles. The van der Waals surface area contributed by atoms with Crippen molar-refractivity contribution in [2.75, 3.05) is 12.4 Å². The molecule has 0 amide bonds. The fourth-order valence-corrected chi connectivity index (χ4v) is 1.70.